The molecule has 0 aliphatic rings. The van der Waals surface area contributed by atoms with E-state index >= 15 is 0 Å². The van der Waals surface area contributed by atoms with E-state index in [2.05, 4.69) is 9.72 Å². The van der Waals surface area contributed by atoms with Crippen LogP contribution >= 0.6 is 0 Å². The van der Waals surface area contributed by atoms with Crippen LogP contribution in [0.4, 0.5) is 4.39 Å². The van der Waals surface area contributed by atoms with Crippen LogP contribution in [-0.4, -0.2) is 18.1 Å². The van der Waals surface area contributed by atoms with Gasteiger partial charge in [0, 0.05) is 11.8 Å². The predicted octanol–water partition coefficient (Wildman–Crippen LogP) is 3.29. The third kappa shape index (κ3) is 6.03. The number of carbonyl (C=O) groups is 1. The number of rotatable bonds is 5. The molecule has 0 aliphatic heterocycles. The van der Waals surface area contributed by atoms with E-state index in [4.69, 9.17) is 4.74 Å². The van der Waals surface area contributed by atoms with Crippen LogP contribution in [0, 0.1) is 12.7 Å². The van der Waals surface area contributed by atoms with E-state index in [1.54, 1.807) is 13.8 Å². The lowest BCUT2D eigenvalue weighted by atomic mass is 10.2. The fraction of sp³-hybridized carbons (Fsp3) is 0.250. The summed E-state index contributed by atoms with van der Waals surface area (Å²) in [4.78, 5) is 13.1. The van der Waals surface area contributed by atoms with Crippen LogP contribution in [0.2, 0.25) is 0 Å². The normalized spacial score (nSPS) is 9.29. The van der Waals surface area contributed by atoms with Crippen LogP contribution in [0.25, 0.3) is 0 Å². The lowest BCUT2D eigenvalue weighted by Gasteiger charge is -2.07. The molecule has 0 amide bonds. The van der Waals surface area contributed by atoms with E-state index in [1.165, 1.54) is 12.4 Å². The summed E-state index contributed by atoms with van der Waals surface area (Å²) in [5, 5.41) is 0. The molecule has 0 radical (unpaired) electrons. The molecule has 1 heterocycles. The summed E-state index contributed by atoms with van der Waals surface area (Å²) < 4.78 is 23.1. The molecule has 1 aromatic carbocycles. The van der Waals surface area contributed by atoms with E-state index in [0.29, 0.717) is 25.2 Å². The van der Waals surface area contributed by atoms with E-state index in [0.717, 1.165) is 5.56 Å². The van der Waals surface area contributed by atoms with Crippen molar-refractivity contribution in [3.8, 4) is 5.75 Å². The average Bonchev–Trinajstić information content (AvgIpc) is 2.51. The molecular weight excluding hydrogens is 273 g/mol. The minimum atomic E-state index is -0.342. The predicted molar refractivity (Wildman–Crippen MR) is 77.4 cm³/mol. The molecule has 0 N–H and O–H groups in total. The van der Waals surface area contributed by atoms with Crippen molar-refractivity contribution in [2.45, 2.75) is 20.5 Å². The lowest BCUT2D eigenvalue weighted by molar-refractivity contribution is -0.128. The Kier molecular flexibility index (Phi) is 7.50. The fourth-order valence-corrected chi connectivity index (χ4v) is 1.43. The Bertz CT molecular complexity index is 546. The molecule has 2 rings (SSSR count). The van der Waals surface area contributed by atoms with Crippen LogP contribution < -0.4 is 4.74 Å². The number of aromatic nitrogens is 1. The highest BCUT2D eigenvalue weighted by molar-refractivity contribution is 5.36. The Morgan fingerprint density at radius 3 is 2.52 bits per heavy atom. The first-order valence-electron chi connectivity index (χ1n) is 6.51. The molecule has 0 atom stereocenters. The summed E-state index contributed by atoms with van der Waals surface area (Å²) in [6.07, 6.45) is 2.87. The van der Waals surface area contributed by atoms with Gasteiger partial charge in [0.05, 0.1) is 12.8 Å². The molecule has 0 bridgehead atoms. The van der Waals surface area contributed by atoms with Crippen LogP contribution in [0.5, 0.6) is 5.75 Å². The van der Waals surface area contributed by atoms with E-state index in [1.807, 2.05) is 30.3 Å². The smallest absolute Gasteiger partial charge is 0.293 e. The first kappa shape index (κ1) is 16.6. The average molecular weight is 291 g/mol. The van der Waals surface area contributed by atoms with E-state index in [9.17, 15) is 9.18 Å². The zero-order valence-electron chi connectivity index (χ0n) is 12.1. The number of hydrogen-bond acceptors (Lipinski definition) is 4. The Hall–Kier alpha value is -2.43. The number of ether oxygens (including phenoxy) is 2. The van der Waals surface area contributed by atoms with Gasteiger partial charge in [0.25, 0.3) is 6.47 Å². The van der Waals surface area contributed by atoms with E-state index in [-0.39, 0.29) is 11.6 Å². The zero-order chi connectivity index (χ0) is 15.5. The molecule has 0 fully saturated rings. The molecule has 0 spiro atoms. The molecule has 2 aromatic rings. The first-order valence-corrected chi connectivity index (χ1v) is 6.51. The number of hydrogen-bond donors (Lipinski definition) is 0. The van der Waals surface area contributed by atoms with Gasteiger partial charge >= 0.3 is 0 Å². The number of nitrogens with zero attached hydrogens (tertiary/aromatic N) is 1. The van der Waals surface area contributed by atoms with Crippen molar-refractivity contribution in [3.63, 3.8) is 0 Å². The van der Waals surface area contributed by atoms with Crippen molar-refractivity contribution in [1.82, 2.24) is 4.98 Å². The van der Waals surface area contributed by atoms with Gasteiger partial charge in [0.2, 0.25) is 0 Å². The molecule has 21 heavy (non-hydrogen) atoms. The second-order valence-corrected chi connectivity index (χ2v) is 4.09. The van der Waals surface area contributed by atoms with Crippen molar-refractivity contribution < 1.29 is 18.7 Å². The quantitative estimate of drug-likeness (QED) is 0.793. The summed E-state index contributed by atoms with van der Waals surface area (Å²) in [7, 11) is 0. The van der Waals surface area contributed by atoms with Gasteiger partial charge in [-0.15, -0.1) is 0 Å². The topological polar surface area (TPSA) is 48.4 Å². The second kappa shape index (κ2) is 9.47. The molecule has 0 aliphatic carbocycles. The van der Waals surface area contributed by atoms with Crippen LogP contribution in [-0.2, 0) is 16.1 Å². The number of aryl methyl sites for hydroxylation is 1. The SMILES string of the molecule is CCOC=O.Cc1cncc(OCc2ccccc2)c1F. The van der Waals surface area contributed by atoms with Crippen LogP contribution in [0.1, 0.15) is 18.1 Å². The number of pyridine rings is 1. The van der Waals surface area contributed by atoms with Crippen LogP contribution in [0.15, 0.2) is 42.7 Å². The zero-order valence-corrected chi connectivity index (χ0v) is 12.1. The van der Waals surface area contributed by atoms with Gasteiger partial charge in [0.15, 0.2) is 11.6 Å². The fourth-order valence-electron chi connectivity index (χ4n) is 1.43. The van der Waals surface area contributed by atoms with E-state index < -0.39 is 0 Å². The van der Waals surface area contributed by atoms with Crippen molar-refractivity contribution >= 4 is 6.47 Å². The molecule has 5 heteroatoms. The minimum absolute atomic E-state index is 0.198. The minimum Gasteiger partial charge on any atom is -0.484 e. The molecule has 112 valence electrons. The maximum Gasteiger partial charge on any atom is 0.293 e. The largest absolute Gasteiger partial charge is 0.484 e. The summed E-state index contributed by atoms with van der Waals surface area (Å²) in [5.41, 5.74) is 1.49. The maximum atomic E-state index is 13.5. The molecule has 4 nitrogen and oxygen atoms in total. The van der Waals surface area contributed by atoms with Crippen molar-refractivity contribution in [3.05, 3.63) is 59.7 Å². The summed E-state index contributed by atoms with van der Waals surface area (Å²) in [6, 6.07) is 9.63. The van der Waals surface area contributed by atoms with Gasteiger partial charge in [0.1, 0.15) is 6.61 Å². The highest BCUT2D eigenvalue weighted by atomic mass is 19.1. The second-order valence-electron chi connectivity index (χ2n) is 4.09. The maximum absolute atomic E-state index is 13.5. The molecule has 0 unspecified atom stereocenters. The third-order valence-electron chi connectivity index (χ3n) is 2.49. The molecule has 0 saturated carbocycles. The molecule has 0 saturated heterocycles. The van der Waals surface area contributed by atoms with Gasteiger partial charge in [-0.2, -0.15) is 0 Å². The summed E-state index contributed by atoms with van der Waals surface area (Å²) >= 11 is 0. The Morgan fingerprint density at radius 2 is 1.95 bits per heavy atom. The van der Waals surface area contributed by atoms with Gasteiger partial charge in [-0.3, -0.25) is 9.78 Å². The number of benzene rings is 1. The van der Waals surface area contributed by atoms with Gasteiger partial charge < -0.3 is 9.47 Å². The Balaban J connectivity index is 0.000000383. The summed E-state index contributed by atoms with van der Waals surface area (Å²) in [6.45, 7) is 4.68. The molecular formula is C16H18FNO3. The van der Waals surface area contributed by atoms with Gasteiger partial charge in [-0.1, -0.05) is 30.3 Å². The number of carbonyl (C=O) groups excluding carboxylic acids is 1. The third-order valence-corrected chi connectivity index (χ3v) is 2.49. The van der Waals surface area contributed by atoms with Gasteiger partial charge in [-0.25, -0.2) is 4.39 Å². The standard InChI is InChI=1S/C13H12FNO.C3H6O2/c1-10-7-15-8-12(13(10)14)16-9-11-5-3-2-4-6-11;1-2-5-3-4/h2-8H,9H2,1H3;3H,2H2,1H3. The first-order chi connectivity index (χ1) is 10.2. The Labute approximate surface area is 123 Å². The highest BCUT2D eigenvalue weighted by Crippen LogP contribution is 2.19. The van der Waals surface area contributed by atoms with Gasteiger partial charge in [-0.05, 0) is 19.4 Å². The highest BCUT2D eigenvalue weighted by Gasteiger charge is 2.06. The van der Waals surface area contributed by atoms with Crippen LogP contribution in [0.3, 0.4) is 0 Å². The lowest BCUT2D eigenvalue weighted by Crippen LogP contribution is -1.99. The van der Waals surface area contributed by atoms with Crippen molar-refractivity contribution in [1.29, 1.82) is 0 Å². The van der Waals surface area contributed by atoms with Crippen molar-refractivity contribution in [2.75, 3.05) is 6.61 Å². The Morgan fingerprint density at radius 1 is 1.24 bits per heavy atom. The summed E-state index contributed by atoms with van der Waals surface area (Å²) in [5.74, 6) is -0.144. The monoisotopic (exact) mass is 291 g/mol. The van der Waals surface area contributed by atoms with Crippen molar-refractivity contribution in [2.24, 2.45) is 0 Å². The number of halogens is 1. The molecule has 1 aromatic heterocycles.